The highest BCUT2D eigenvalue weighted by Crippen LogP contribution is 2.30. The van der Waals surface area contributed by atoms with Gasteiger partial charge in [0.2, 0.25) is 0 Å². The van der Waals surface area contributed by atoms with Crippen molar-refractivity contribution < 1.29 is 32.6 Å². The fourth-order valence-electron chi connectivity index (χ4n) is 1.41. The number of hydrogen-bond donors (Lipinski definition) is 1. The molecule has 5 nitrogen and oxygen atoms in total. The molecule has 0 aliphatic heterocycles. The molecule has 1 heterocycles. The molecule has 0 saturated carbocycles. The summed E-state index contributed by atoms with van der Waals surface area (Å²) in [6.45, 7) is 0. The summed E-state index contributed by atoms with van der Waals surface area (Å²) in [6.07, 6.45) is -4.49. The number of carbonyl (C=O) groups excluding carboxylic acids is 1. The van der Waals surface area contributed by atoms with E-state index in [2.05, 4.69) is 4.98 Å². The lowest BCUT2D eigenvalue weighted by molar-refractivity contribution is -0.137. The lowest BCUT2D eigenvalue weighted by atomic mass is 10.2. The molecule has 110 valence electrons. The Morgan fingerprint density at radius 1 is 1.19 bits per heavy atom. The molecule has 9 heteroatoms. The number of aromatic nitrogens is 1. The third-order valence-corrected chi connectivity index (χ3v) is 3.15. The fraction of sp³-hybridized carbons (Fsp3) is 0.0833. The second kappa shape index (κ2) is 5.52. The van der Waals surface area contributed by atoms with E-state index in [1.54, 1.807) is 0 Å². The first-order chi connectivity index (χ1) is 9.79. The number of carboxylic acids is 1. The molecule has 0 saturated heterocycles. The van der Waals surface area contributed by atoms with Gasteiger partial charge >= 0.3 is 18.1 Å². The van der Waals surface area contributed by atoms with Gasteiger partial charge in [0.25, 0.3) is 0 Å². The predicted octanol–water partition coefficient (Wildman–Crippen LogP) is 3.08. The Kier molecular flexibility index (Phi) is 3.94. The third kappa shape index (κ3) is 3.37. The lowest BCUT2D eigenvalue weighted by Gasteiger charge is -2.07. The standard InChI is InChI=1S/C12H6F3NO4S/c13-12(14,15)6-1-3-7(4-2-6)20-11(19)9-8(10(17)18)16-5-21-9/h1-5H,(H,17,18). The number of rotatable bonds is 3. The van der Waals surface area contributed by atoms with Crippen molar-refractivity contribution in [2.24, 2.45) is 0 Å². The van der Waals surface area contributed by atoms with E-state index in [0.29, 0.717) is 0 Å². The number of carbonyl (C=O) groups is 2. The molecule has 0 aliphatic rings. The van der Waals surface area contributed by atoms with Crippen molar-refractivity contribution in [3.8, 4) is 5.75 Å². The highest BCUT2D eigenvalue weighted by Gasteiger charge is 2.30. The molecule has 0 spiro atoms. The van der Waals surface area contributed by atoms with Crippen LogP contribution in [0.5, 0.6) is 5.75 Å². The molecule has 0 radical (unpaired) electrons. The lowest BCUT2D eigenvalue weighted by Crippen LogP contribution is -2.12. The van der Waals surface area contributed by atoms with Crippen molar-refractivity contribution in [1.82, 2.24) is 4.98 Å². The predicted molar refractivity (Wildman–Crippen MR) is 65.5 cm³/mol. The normalized spacial score (nSPS) is 11.2. The van der Waals surface area contributed by atoms with E-state index < -0.39 is 29.4 Å². The first kappa shape index (κ1) is 15.0. The zero-order chi connectivity index (χ0) is 15.6. The number of nitrogens with zero attached hydrogens (tertiary/aromatic N) is 1. The maximum Gasteiger partial charge on any atom is 0.416 e. The minimum Gasteiger partial charge on any atom is -0.476 e. The van der Waals surface area contributed by atoms with Gasteiger partial charge in [-0.25, -0.2) is 14.6 Å². The molecular formula is C12H6F3NO4S. The van der Waals surface area contributed by atoms with Gasteiger partial charge in [-0.15, -0.1) is 11.3 Å². The van der Waals surface area contributed by atoms with Crippen LogP contribution in [0.3, 0.4) is 0 Å². The van der Waals surface area contributed by atoms with Crippen LogP contribution in [0, 0.1) is 0 Å². The molecular weight excluding hydrogens is 311 g/mol. The zero-order valence-corrected chi connectivity index (χ0v) is 10.9. The van der Waals surface area contributed by atoms with Gasteiger partial charge in [0.15, 0.2) is 5.69 Å². The molecule has 0 bridgehead atoms. The maximum absolute atomic E-state index is 12.4. The van der Waals surface area contributed by atoms with Crippen LogP contribution in [0.2, 0.25) is 0 Å². The average Bonchev–Trinajstić information content (AvgIpc) is 2.87. The molecule has 1 aromatic carbocycles. The Labute approximate surface area is 119 Å². The summed E-state index contributed by atoms with van der Waals surface area (Å²) in [7, 11) is 0. The Morgan fingerprint density at radius 3 is 2.33 bits per heavy atom. The number of benzene rings is 1. The summed E-state index contributed by atoms with van der Waals surface area (Å²) < 4.78 is 41.9. The van der Waals surface area contributed by atoms with E-state index in [1.165, 1.54) is 0 Å². The number of aromatic carboxylic acids is 1. The first-order valence-corrected chi connectivity index (χ1v) is 6.23. The van der Waals surface area contributed by atoms with Gasteiger partial charge in [-0.05, 0) is 24.3 Å². The average molecular weight is 317 g/mol. The Balaban J connectivity index is 2.16. The second-order valence-corrected chi connectivity index (χ2v) is 4.60. The van der Waals surface area contributed by atoms with Crippen molar-refractivity contribution in [3.05, 3.63) is 45.9 Å². The highest BCUT2D eigenvalue weighted by molar-refractivity contribution is 7.12. The van der Waals surface area contributed by atoms with Crippen LogP contribution >= 0.6 is 11.3 Å². The number of ether oxygens (including phenoxy) is 1. The van der Waals surface area contributed by atoms with Crippen LogP contribution in [-0.4, -0.2) is 22.0 Å². The monoisotopic (exact) mass is 317 g/mol. The minimum atomic E-state index is -4.49. The van der Waals surface area contributed by atoms with Crippen molar-refractivity contribution in [2.45, 2.75) is 6.18 Å². The zero-order valence-electron chi connectivity index (χ0n) is 10.0. The maximum atomic E-state index is 12.4. The molecule has 1 N–H and O–H groups in total. The van der Waals surface area contributed by atoms with Crippen LogP contribution in [0.4, 0.5) is 13.2 Å². The van der Waals surface area contributed by atoms with Gasteiger partial charge in [-0.3, -0.25) is 0 Å². The van der Waals surface area contributed by atoms with Gasteiger partial charge < -0.3 is 9.84 Å². The van der Waals surface area contributed by atoms with Gasteiger partial charge in [0.05, 0.1) is 11.1 Å². The van der Waals surface area contributed by atoms with Gasteiger partial charge in [0, 0.05) is 0 Å². The van der Waals surface area contributed by atoms with Crippen LogP contribution in [-0.2, 0) is 6.18 Å². The molecule has 1 aromatic heterocycles. The molecule has 0 atom stereocenters. The van der Waals surface area contributed by atoms with E-state index in [4.69, 9.17) is 9.84 Å². The van der Waals surface area contributed by atoms with Gasteiger partial charge in [-0.1, -0.05) is 0 Å². The number of halogens is 3. The van der Waals surface area contributed by atoms with Gasteiger partial charge in [0.1, 0.15) is 10.6 Å². The molecule has 2 aromatic rings. The van der Waals surface area contributed by atoms with E-state index in [9.17, 15) is 22.8 Å². The molecule has 0 amide bonds. The van der Waals surface area contributed by atoms with E-state index >= 15 is 0 Å². The number of hydrogen-bond acceptors (Lipinski definition) is 5. The summed E-state index contributed by atoms with van der Waals surface area (Å²) in [5.74, 6) is -2.51. The molecule has 0 unspecified atom stereocenters. The van der Waals surface area contributed by atoms with Crippen LogP contribution in [0.1, 0.15) is 25.7 Å². The van der Waals surface area contributed by atoms with E-state index in [1.807, 2.05) is 0 Å². The molecule has 21 heavy (non-hydrogen) atoms. The van der Waals surface area contributed by atoms with Gasteiger partial charge in [-0.2, -0.15) is 13.2 Å². The van der Waals surface area contributed by atoms with Crippen molar-refractivity contribution in [1.29, 1.82) is 0 Å². The summed E-state index contributed by atoms with van der Waals surface area (Å²) in [5.41, 5.74) is -0.185. The van der Waals surface area contributed by atoms with Crippen LogP contribution in [0.15, 0.2) is 29.8 Å². The Hall–Kier alpha value is -2.42. The van der Waals surface area contributed by atoms with E-state index in [0.717, 1.165) is 41.1 Å². The summed E-state index contributed by atoms with van der Waals surface area (Å²) in [4.78, 5) is 25.8. The quantitative estimate of drug-likeness (QED) is 0.695. The van der Waals surface area contributed by atoms with Crippen molar-refractivity contribution in [3.63, 3.8) is 0 Å². The SMILES string of the molecule is O=C(O)c1ncsc1C(=O)Oc1ccc(C(F)(F)F)cc1. The number of thiazole rings is 1. The summed E-state index contributed by atoms with van der Waals surface area (Å²) in [5, 5.41) is 8.81. The smallest absolute Gasteiger partial charge is 0.416 e. The van der Waals surface area contributed by atoms with Crippen LogP contribution < -0.4 is 4.74 Å². The topological polar surface area (TPSA) is 76.5 Å². The van der Waals surface area contributed by atoms with E-state index in [-0.39, 0.29) is 10.6 Å². The van der Waals surface area contributed by atoms with Crippen LogP contribution in [0.25, 0.3) is 0 Å². The number of carboxylic acid groups (broad SMARTS) is 1. The van der Waals surface area contributed by atoms with Crippen molar-refractivity contribution >= 4 is 23.3 Å². The fourth-order valence-corrected chi connectivity index (χ4v) is 2.06. The second-order valence-electron chi connectivity index (χ2n) is 3.75. The first-order valence-electron chi connectivity index (χ1n) is 5.35. The third-order valence-electron chi connectivity index (χ3n) is 2.35. The van der Waals surface area contributed by atoms with Crippen molar-refractivity contribution in [2.75, 3.05) is 0 Å². The number of alkyl halides is 3. The minimum absolute atomic E-state index is 0.127. The largest absolute Gasteiger partial charge is 0.476 e. The summed E-state index contributed by atoms with van der Waals surface area (Å²) in [6, 6.07) is 3.46. The highest BCUT2D eigenvalue weighted by atomic mass is 32.1. The Bertz CT molecular complexity index is 679. The number of esters is 1. The molecule has 2 rings (SSSR count). The molecule has 0 fully saturated rings. The summed E-state index contributed by atoms with van der Waals surface area (Å²) >= 11 is 0.766. The molecule has 0 aliphatic carbocycles. The Morgan fingerprint density at radius 2 is 1.81 bits per heavy atom.